The van der Waals surface area contributed by atoms with Gasteiger partial charge in [0.15, 0.2) is 0 Å². The number of hydrogen-bond donors (Lipinski definition) is 1. The van der Waals surface area contributed by atoms with Crippen LogP contribution in [0.2, 0.25) is 0 Å². The summed E-state index contributed by atoms with van der Waals surface area (Å²) < 4.78 is 1.43. The molecule has 0 unspecified atom stereocenters. The molecule has 7 heteroatoms. The van der Waals surface area contributed by atoms with Gasteiger partial charge in [-0.2, -0.15) is 5.10 Å². The number of nitrogens with one attached hydrogen (secondary N) is 1. The minimum absolute atomic E-state index is 0.00577. The second-order valence-electron chi connectivity index (χ2n) is 9.82. The molecule has 4 rings (SSSR count). The maximum absolute atomic E-state index is 13.1. The molecule has 38 heavy (non-hydrogen) atoms. The molecule has 2 heterocycles. The summed E-state index contributed by atoms with van der Waals surface area (Å²) in [5, 5.41) is 8.77. The van der Waals surface area contributed by atoms with E-state index in [-0.39, 0.29) is 35.8 Å². The van der Waals surface area contributed by atoms with E-state index in [1.807, 2.05) is 92.4 Å². The lowest BCUT2D eigenvalue weighted by Crippen LogP contribution is -2.38. The Morgan fingerprint density at radius 3 is 2.50 bits per heavy atom. The van der Waals surface area contributed by atoms with Crippen molar-refractivity contribution in [3.8, 4) is 0 Å². The van der Waals surface area contributed by atoms with Crippen LogP contribution in [0.25, 0.3) is 10.8 Å². The van der Waals surface area contributed by atoms with Gasteiger partial charge in [0.1, 0.15) is 0 Å². The molecule has 0 spiro atoms. The fourth-order valence-corrected chi connectivity index (χ4v) is 4.67. The van der Waals surface area contributed by atoms with Crippen molar-refractivity contribution >= 4 is 22.6 Å². The van der Waals surface area contributed by atoms with E-state index in [1.165, 1.54) is 4.68 Å². The predicted molar refractivity (Wildman–Crippen MR) is 151 cm³/mol. The molecule has 0 fully saturated rings. The van der Waals surface area contributed by atoms with Crippen molar-refractivity contribution in [1.82, 2.24) is 20.0 Å². The average molecular weight is 511 g/mol. The lowest BCUT2D eigenvalue weighted by Gasteiger charge is -2.25. The lowest BCUT2D eigenvalue weighted by molar-refractivity contribution is -0.120. The van der Waals surface area contributed by atoms with Crippen molar-refractivity contribution in [2.75, 3.05) is 13.1 Å². The van der Waals surface area contributed by atoms with Gasteiger partial charge < -0.3 is 10.2 Å². The number of carbonyl (C=O) groups is 2. The van der Waals surface area contributed by atoms with Gasteiger partial charge >= 0.3 is 0 Å². The third-order valence-electron chi connectivity index (χ3n) is 6.74. The Balaban J connectivity index is 1.51. The molecule has 0 saturated heterocycles. The number of amides is 2. The Hall–Kier alpha value is -4.26. The summed E-state index contributed by atoms with van der Waals surface area (Å²) in [6.45, 7) is 11.2. The van der Waals surface area contributed by atoms with Crippen LogP contribution in [-0.4, -0.2) is 39.6 Å². The molecule has 3 aromatic rings. The van der Waals surface area contributed by atoms with Crippen molar-refractivity contribution in [1.29, 1.82) is 0 Å². The van der Waals surface area contributed by atoms with Crippen molar-refractivity contribution in [2.24, 2.45) is 5.92 Å². The fourth-order valence-electron chi connectivity index (χ4n) is 4.67. The second kappa shape index (κ2) is 11.9. The molecule has 2 aromatic carbocycles. The van der Waals surface area contributed by atoms with Gasteiger partial charge in [-0.25, -0.2) is 4.68 Å². The lowest BCUT2D eigenvalue weighted by atomic mass is 9.98. The van der Waals surface area contributed by atoms with Crippen LogP contribution in [0, 0.1) is 5.92 Å². The number of carbonyl (C=O) groups excluding carboxylic acids is 2. The summed E-state index contributed by atoms with van der Waals surface area (Å²) in [6.07, 6.45) is 7.70. The molecule has 0 bridgehead atoms. The number of hydrogen-bond acceptors (Lipinski definition) is 4. The number of fused-ring (bicyclic) bond motifs is 2. The van der Waals surface area contributed by atoms with Crippen LogP contribution < -0.4 is 10.9 Å². The van der Waals surface area contributed by atoms with E-state index in [9.17, 15) is 14.4 Å². The van der Waals surface area contributed by atoms with E-state index in [1.54, 1.807) is 6.07 Å². The SMILES string of the molecule is C=C(/C=C\C=C/C)[C@@H](CNC(=O)Cc1nn(C(C)C)c(=O)c2ccccc12)CN1Cc2ccccc2C1=O. The molecule has 1 atom stereocenters. The second-order valence-corrected chi connectivity index (χ2v) is 9.82. The van der Waals surface area contributed by atoms with Gasteiger partial charge in [-0.1, -0.05) is 67.3 Å². The Labute approximate surface area is 223 Å². The molecule has 1 N–H and O–H groups in total. The molecule has 196 valence electrons. The summed E-state index contributed by atoms with van der Waals surface area (Å²) >= 11 is 0. The maximum atomic E-state index is 13.1. The molecule has 0 saturated carbocycles. The Kier molecular flexibility index (Phi) is 8.36. The normalized spacial score (nSPS) is 14.1. The van der Waals surface area contributed by atoms with Gasteiger partial charge in [-0.3, -0.25) is 14.4 Å². The van der Waals surface area contributed by atoms with Gasteiger partial charge in [-0.05, 0) is 44.0 Å². The van der Waals surface area contributed by atoms with Crippen molar-refractivity contribution in [3.05, 3.63) is 112 Å². The molecule has 0 radical (unpaired) electrons. The highest BCUT2D eigenvalue weighted by Crippen LogP contribution is 2.25. The molecule has 1 aliphatic rings. The molecular formula is C31H34N4O3. The van der Waals surface area contributed by atoms with Gasteiger partial charge in [0.2, 0.25) is 5.91 Å². The Morgan fingerprint density at radius 1 is 1.08 bits per heavy atom. The highest BCUT2D eigenvalue weighted by molar-refractivity contribution is 5.98. The maximum Gasteiger partial charge on any atom is 0.274 e. The summed E-state index contributed by atoms with van der Waals surface area (Å²) in [4.78, 5) is 40.7. The number of benzene rings is 2. The summed E-state index contributed by atoms with van der Waals surface area (Å²) in [6, 6.07) is 14.7. The first kappa shape index (κ1) is 26.8. The van der Waals surface area contributed by atoms with Crippen molar-refractivity contribution in [2.45, 2.75) is 39.8 Å². The van der Waals surface area contributed by atoms with Crippen LogP contribution in [0.1, 0.15) is 48.4 Å². The van der Waals surface area contributed by atoms with Crippen molar-refractivity contribution in [3.63, 3.8) is 0 Å². The molecule has 1 aliphatic heterocycles. The monoisotopic (exact) mass is 510 g/mol. The zero-order valence-corrected chi connectivity index (χ0v) is 22.2. The Morgan fingerprint density at radius 2 is 1.79 bits per heavy atom. The van der Waals surface area contributed by atoms with Crippen LogP contribution in [0.4, 0.5) is 0 Å². The number of rotatable bonds is 10. The number of allylic oxidation sites excluding steroid dienone is 4. The van der Waals surface area contributed by atoms with Crippen molar-refractivity contribution < 1.29 is 9.59 Å². The average Bonchev–Trinajstić information content (AvgIpc) is 3.23. The van der Waals surface area contributed by atoms with Crippen LogP contribution in [0.5, 0.6) is 0 Å². The number of aromatic nitrogens is 2. The first-order chi connectivity index (χ1) is 18.3. The van der Waals surface area contributed by atoms with Crippen LogP contribution in [0.3, 0.4) is 0 Å². The van der Waals surface area contributed by atoms with Crippen LogP contribution in [-0.2, 0) is 17.8 Å². The highest BCUT2D eigenvalue weighted by atomic mass is 16.2. The zero-order chi connectivity index (χ0) is 27.2. The molecule has 1 aromatic heterocycles. The van der Waals surface area contributed by atoms with E-state index in [2.05, 4.69) is 17.0 Å². The molecular weight excluding hydrogens is 476 g/mol. The highest BCUT2D eigenvalue weighted by Gasteiger charge is 2.29. The first-order valence-corrected chi connectivity index (χ1v) is 12.9. The van der Waals surface area contributed by atoms with E-state index in [4.69, 9.17) is 0 Å². The first-order valence-electron chi connectivity index (χ1n) is 12.9. The predicted octanol–water partition coefficient (Wildman–Crippen LogP) is 4.60. The number of nitrogens with zero attached hydrogens (tertiary/aromatic N) is 3. The summed E-state index contributed by atoms with van der Waals surface area (Å²) in [5.74, 6) is -0.385. The molecule has 2 amide bonds. The fraction of sp³-hybridized carbons (Fsp3) is 0.290. The minimum atomic E-state index is -0.206. The minimum Gasteiger partial charge on any atom is -0.355 e. The van der Waals surface area contributed by atoms with E-state index < -0.39 is 0 Å². The van der Waals surface area contributed by atoms with Gasteiger partial charge in [0, 0.05) is 36.5 Å². The van der Waals surface area contributed by atoms with Gasteiger partial charge in [-0.15, -0.1) is 0 Å². The van der Waals surface area contributed by atoms with E-state index in [0.29, 0.717) is 36.1 Å². The standard InChI is InChI=1S/C31H34N4O3/c1-5-6-7-12-22(4)24(20-34-19-23-13-8-9-14-25(23)30(34)37)18-32-29(36)17-28-26-15-10-11-16-27(26)31(38)35(33-28)21(2)3/h5-16,21,24H,4,17-20H2,1-3H3,(H,32,36)/b6-5-,12-7-/t24-/m0/s1. The van der Waals surface area contributed by atoms with E-state index >= 15 is 0 Å². The Bertz CT molecular complexity index is 1480. The zero-order valence-electron chi connectivity index (χ0n) is 22.2. The summed E-state index contributed by atoms with van der Waals surface area (Å²) in [7, 11) is 0. The molecule has 7 nitrogen and oxygen atoms in total. The largest absolute Gasteiger partial charge is 0.355 e. The summed E-state index contributed by atoms with van der Waals surface area (Å²) in [5.41, 5.74) is 2.95. The van der Waals surface area contributed by atoms with E-state index in [0.717, 1.165) is 16.7 Å². The van der Waals surface area contributed by atoms with Gasteiger partial charge in [0.25, 0.3) is 11.5 Å². The van der Waals surface area contributed by atoms with Gasteiger partial charge in [0.05, 0.1) is 23.5 Å². The van der Waals surface area contributed by atoms with Crippen LogP contribution >= 0.6 is 0 Å². The third-order valence-corrected chi connectivity index (χ3v) is 6.74. The quantitative estimate of drug-likeness (QED) is 0.404. The molecule has 0 aliphatic carbocycles. The van der Waals surface area contributed by atoms with Crippen LogP contribution in [0.15, 0.2) is 89.8 Å². The topological polar surface area (TPSA) is 84.3 Å². The third kappa shape index (κ3) is 5.83. The smallest absolute Gasteiger partial charge is 0.274 e.